The monoisotopic (exact) mass is 325 g/mol. The summed E-state index contributed by atoms with van der Waals surface area (Å²) in [6.07, 6.45) is 1.55. The minimum atomic E-state index is -0.177. The van der Waals surface area contributed by atoms with Crippen LogP contribution in [0.1, 0.15) is 5.56 Å². The Balaban J connectivity index is 1.53. The minimum absolute atomic E-state index is 0.176. The molecule has 7 nitrogen and oxygen atoms in total. The molecule has 2 aromatic heterocycles. The molecule has 0 radical (unpaired) electrons. The van der Waals surface area contributed by atoms with Crippen molar-refractivity contribution in [3.05, 3.63) is 48.2 Å². The van der Waals surface area contributed by atoms with E-state index in [1.54, 1.807) is 42.7 Å². The zero-order chi connectivity index (χ0) is 16.1. The van der Waals surface area contributed by atoms with Crippen molar-refractivity contribution in [2.24, 2.45) is 0 Å². The number of carbonyl (C=O) groups excluding carboxylic acids is 1. The third kappa shape index (κ3) is 3.78. The Morgan fingerprint density at radius 2 is 2.17 bits per heavy atom. The molecule has 1 aromatic carbocycles. The fourth-order valence-corrected chi connectivity index (χ4v) is 2.39. The highest BCUT2D eigenvalue weighted by Gasteiger charge is 2.10. The first-order chi connectivity index (χ1) is 11.2. The van der Waals surface area contributed by atoms with E-state index in [9.17, 15) is 4.79 Å². The van der Waals surface area contributed by atoms with Gasteiger partial charge in [-0.25, -0.2) is 0 Å². The van der Waals surface area contributed by atoms with Crippen LogP contribution in [0.3, 0.4) is 0 Å². The van der Waals surface area contributed by atoms with Crippen molar-refractivity contribution >= 4 is 23.4 Å². The maximum Gasteiger partial charge on any atom is 0.234 e. The highest BCUT2D eigenvalue weighted by molar-refractivity contribution is 7.99. The molecule has 0 fully saturated rings. The zero-order valence-corrected chi connectivity index (χ0v) is 12.6. The van der Waals surface area contributed by atoms with Crippen LogP contribution in [0.4, 0.5) is 5.69 Å². The van der Waals surface area contributed by atoms with Gasteiger partial charge in [0.25, 0.3) is 0 Å². The second-order valence-electron chi connectivity index (χ2n) is 4.47. The Labute approximate surface area is 135 Å². The Morgan fingerprint density at radius 1 is 1.35 bits per heavy atom. The SMILES string of the molecule is N#Cc1ccc(NC(=O)CSc2n[nH]c(-c3ccco3)n2)cc1. The van der Waals surface area contributed by atoms with E-state index in [4.69, 9.17) is 9.68 Å². The van der Waals surface area contributed by atoms with Gasteiger partial charge in [-0.2, -0.15) is 10.2 Å². The van der Waals surface area contributed by atoms with Gasteiger partial charge in [0.15, 0.2) is 11.6 Å². The lowest BCUT2D eigenvalue weighted by atomic mass is 10.2. The van der Waals surface area contributed by atoms with Gasteiger partial charge in [-0.15, -0.1) is 5.10 Å². The van der Waals surface area contributed by atoms with Gasteiger partial charge >= 0.3 is 0 Å². The van der Waals surface area contributed by atoms with Crippen LogP contribution in [0.2, 0.25) is 0 Å². The number of nitrogens with one attached hydrogen (secondary N) is 2. The lowest BCUT2D eigenvalue weighted by Gasteiger charge is -2.03. The van der Waals surface area contributed by atoms with Crippen LogP contribution in [-0.4, -0.2) is 26.8 Å². The molecule has 3 rings (SSSR count). The van der Waals surface area contributed by atoms with Crippen LogP contribution in [0.5, 0.6) is 0 Å². The highest BCUT2D eigenvalue weighted by atomic mass is 32.2. The van der Waals surface area contributed by atoms with Gasteiger partial charge in [-0.05, 0) is 36.4 Å². The van der Waals surface area contributed by atoms with Crippen LogP contribution < -0.4 is 5.32 Å². The summed E-state index contributed by atoms with van der Waals surface area (Å²) < 4.78 is 5.21. The second kappa shape index (κ2) is 6.81. The van der Waals surface area contributed by atoms with Crippen LogP contribution in [0.15, 0.2) is 52.2 Å². The maximum atomic E-state index is 11.9. The average Bonchev–Trinajstić information content (AvgIpc) is 3.25. The summed E-state index contributed by atoms with van der Waals surface area (Å²) in [4.78, 5) is 16.1. The zero-order valence-electron chi connectivity index (χ0n) is 11.8. The van der Waals surface area contributed by atoms with Gasteiger partial charge in [0, 0.05) is 5.69 Å². The first-order valence-corrected chi connectivity index (χ1v) is 7.62. The number of nitrogens with zero attached hydrogens (tertiary/aromatic N) is 3. The number of aromatic amines is 1. The van der Waals surface area contributed by atoms with Gasteiger partial charge in [-0.1, -0.05) is 11.8 Å². The van der Waals surface area contributed by atoms with Crippen LogP contribution in [-0.2, 0) is 4.79 Å². The van der Waals surface area contributed by atoms with E-state index in [2.05, 4.69) is 20.5 Å². The number of aromatic nitrogens is 3. The van der Waals surface area contributed by atoms with Crippen molar-refractivity contribution in [1.82, 2.24) is 15.2 Å². The number of carbonyl (C=O) groups is 1. The number of benzene rings is 1. The molecule has 0 spiro atoms. The number of thioether (sulfide) groups is 1. The molecule has 0 aliphatic heterocycles. The fraction of sp³-hybridized carbons (Fsp3) is 0.0667. The highest BCUT2D eigenvalue weighted by Crippen LogP contribution is 2.19. The largest absolute Gasteiger partial charge is 0.461 e. The summed E-state index contributed by atoms with van der Waals surface area (Å²) in [5.74, 6) is 1.11. The molecule has 3 aromatic rings. The van der Waals surface area contributed by atoms with E-state index in [0.717, 1.165) is 0 Å². The summed E-state index contributed by atoms with van der Waals surface area (Å²) in [5, 5.41) is 18.7. The van der Waals surface area contributed by atoms with Crippen LogP contribution >= 0.6 is 11.8 Å². The Hall–Kier alpha value is -3.05. The molecule has 0 aliphatic rings. The number of anilines is 1. The topological polar surface area (TPSA) is 108 Å². The standard InChI is InChI=1S/C15H11N5O2S/c16-8-10-3-5-11(6-4-10)17-13(21)9-23-15-18-14(19-20-15)12-2-1-7-22-12/h1-7H,9H2,(H,17,21)(H,18,19,20). The Bertz CT molecular complexity index is 834. The van der Waals surface area contributed by atoms with E-state index in [0.29, 0.717) is 28.0 Å². The average molecular weight is 325 g/mol. The van der Waals surface area contributed by atoms with Crippen molar-refractivity contribution in [1.29, 1.82) is 5.26 Å². The molecule has 0 bridgehead atoms. The molecule has 0 saturated carbocycles. The number of nitriles is 1. The molecule has 2 N–H and O–H groups in total. The first-order valence-electron chi connectivity index (χ1n) is 6.64. The van der Waals surface area contributed by atoms with Gasteiger partial charge in [0.1, 0.15) is 0 Å². The lowest BCUT2D eigenvalue weighted by molar-refractivity contribution is -0.113. The molecule has 1 amide bonds. The van der Waals surface area contributed by atoms with Gasteiger partial charge < -0.3 is 9.73 Å². The quantitative estimate of drug-likeness (QED) is 0.698. The fourth-order valence-electron chi connectivity index (χ4n) is 1.79. The van der Waals surface area contributed by atoms with E-state index in [1.165, 1.54) is 11.8 Å². The molecule has 0 unspecified atom stereocenters. The molecule has 0 aliphatic carbocycles. The summed E-state index contributed by atoms with van der Waals surface area (Å²) in [6.45, 7) is 0. The molecule has 2 heterocycles. The number of rotatable bonds is 5. The number of amides is 1. The van der Waals surface area contributed by atoms with Crippen LogP contribution in [0, 0.1) is 11.3 Å². The molecular weight excluding hydrogens is 314 g/mol. The van der Waals surface area contributed by atoms with Gasteiger partial charge in [0.2, 0.25) is 11.1 Å². The summed E-state index contributed by atoms with van der Waals surface area (Å²) in [7, 11) is 0. The molecule has 8 heteroatoms. The maximum absolute atomic E-state index is 11.9. The normalized spacial score (nSPS) is 10.2. The predicted molar refractivity (Wildman–Crippen MR) is 84.6 cm³/mol. The molecular formula is C15H11N5O2S. The molecule has 0 atom stereocenters. The number of H-pyrrole nitrogens is 1. The molecule has 114 valence electrons. The van der Waals surface area contributed by atoms with E-state index < -0.39 is 0 Å². The Kier molecular flexibility index (Phi) is 4.40. The smallest absolute Gasteiger partial charge is 0.234 e. The minimum Gasteiger partial charge on any atom is -0.461 e. The van der Waals surface area contributed by atoms with Gasteiger partial charge in [0.05, 0.1) is 23.6 Å². The third-order valence-electron chi connectivity index (χ3n) is 2.85. The molecule has 23 heavy (non-hydrogen) atoms. The lowest BCUT2D eigenvalue weighted by Crippen LogP contribution is -2.14. The van der Waals surface area contributed by atoms with Crippen molar-refractivity contribution in [3.63, 3.8) is 0 Å². The number of hydrogen-bond donors (Lipinski definition) is 2. The number of furan rings is 1. The first kappa shape index (κ1) is 14.9. The molecule has 0 saturated heterocycles. The van der Waals surface area contributed by atoms with E-state index in [-0.39, 0.29) is 11.7 Å². The van der Waals surface area contributed by atoms with Crippen molar-refractivity contribution in [3.8, 4) is 17.7 Å². The Morgan fingerprint density at radius 3 is 2.87 bits per heavy atom. The van der Waals surface area contributed by atoms with Crippen molar-refractivity contribution in [2.45, 2.75) is 5.16 Å². The van der Waals surface area contributed by atoms with Crippen LogP contribution in [0.25, 0.3) is 11.6 Å². The summed E-state index contributed by atoms with van der Waals surface area (Å²) in [6, 6.07) is 12.2. The summed E-state index contributed by atoms with van der Waals surface area (Å²) in [5.41, 5.74) is 1.18. The second-order valence-corrected chi connectivity index (χ2v) is 5.41. The number of hydrogen-bond acceptors (Lipinski definition) is 6. The van der Waals surface area contributed by atoms with Crippen molar-refractivity contribution < 1.29 is 9.21 Å². The van der Waals surface area contributed by atoms with Gasteiger partial charge in [-0.3, -0.25) is 9.89 Å². The predicted octanol–water partition coefficient (Wildman–Crippen LogP) is 2.67. The summed E-state index contributed by atoms with van der Waals surface area (Å²) >= 11 is 1.21. The van der Waals surface area contributed by atoms with E-state index >= 15 is 0 Å². The van der Waals surface area contributed by atoms with E-state index in [1.807, 2.05) is 6.07 Å². The third-order valence-corrected chi connectivity index (χ3v) is 3.70. The van der Waals surface area contributed by atoms with Crippen molar-refractivity contribution in [2.75, 3.05) is 11.1 Å².